The zero-order valence-electron chi connectivity index (χ0n) is 15.7. The summed E-state index contributed by atoms with van der Waals surface area (Å²) in [5.41, 5.74) is 2.37. The molecule has 0 unspecified atom stereocenters. The molecule has 7 heteroatoms. The summed E-state index contributed by atoms with van der Waals surface area (Å²) in [6, 6.07) is 13.1. The quantitative estimate of drug-likeness (QED) is 0.638. The molecule has 0 radical (unpaired) electrons. The van der Waals surface area contributed by atoms with E-state index >= 15 is 0 Å². The van der Waals surface area contributed by atoms with Crippen LogP contribution < -0.4 is 0 Å². The van der Waals surface area contributed by atoms with E-state index in [1.165, 1.54) is 6.26 Å². The van der Waals surface area contributed by atoms with Crippen molar-refractivity contribution in [2.75, 3.05) is 32.7 Å². The number of rotatable bonds is 5. The molecule has 28 heavy (non-hydrogen) atoms. The summed E-state index contributed by atoms with van der Waals surface area (Å²) in [6.45, 7) is 4.70. The molecule has 1 aromatic carbocycles. The highest BCUT2D eigenvalue weighted by molar-refractivity contribution is 5.96. The van der Waals surface area contributed by atoms with E-state index in [0.717, 1.165) is 11.4 Å². The maximum atomic E-state index is 13.0. The predicted molar refractivity (Wildman–Crippen MR) is 104 cm³/mol. The fourth-order valence-electron chi connectivity index (χ4n) is 3.45. The van der Waals surface area contributed by atoms with Gasteiger partial charge in [-0.3, -0.25) is 14.5 Å². The lowest BCUT2D eigenvalue weighted by atomic mass is 10.2. The highest BCUT2D eigenvalue weighted by Gasteiger charge is 2.26. The fourth-order valence-corrected chi connectivity index (χ4v) is 3.45. The van der Waals surface area contributed by atoms with Gasteiger partial charge in [-0.25, -0.2) is 4.68 Å². The van der Waals surface area contributed by atoms with Gasteiger partial charge in [0.15, 0.2) is 5.76 Å². The third-order valence-corrected chi connectivity index (χ3v) is 5.06. The lowest BCUT2D eigenvalue weighted by Gasteiger charge is -2.34. The summed E-state index contributed by atoms with van der Waals surface area (Å²) < 4.78 is 6.94. The largest absolute Gasteiger partial charge is 0.461 e. The van der Waals surface area contributed by atoms with Crippen molar-refractivity contribution in [3.63, 3.8) is 0 Å². The van der Waals surface area contributed by atoms with Crippen molar-refractivity contribution < 1.29 is 14.0 Å². The third-order valence-electron chi connectivity index (χ3n) is 5.06. The van der Waals surface area contributed by atoms with Gasteiger partial charge in [-0.15, -0.1) is 0 Å². The van der Waals surface area contributed by atoms with Gasteiger partial charge in [-0.1, -0.05) is 18.2 Å². The molecule has 2 aromatic heterocycles. The Morgan fingerprint density at radius 3 is 2.46 bits per heavy atom. The monoisotopic (exact) mass is 378 g/mol. The van der Waals surface area contributed by atoms with Crippen molar-refractivity contribution in [1.82, 2.24) is 19.6 Å². The van der Waals surface area contributed by atoms with Crippen LogP contribution in [0.15, 0.2) is 59.3 Å². The molecule has 1 aliphatic rings. The van der Waals surface area contributed by atoms with Gasteiger partial charge in [0.1, 0.15) is 0 Å². The van der Waals surface area contributed by atoms with E-state index < -0.39 is 0 Å². The smallest absolute Gasteiger partial charge is 0.257 e. The zero-order valence-corrected chi connectivity index (χ0v) is 15.7. The minimum Gasteiger partial charge on any atom is -0.461 e. The first-order valence-corrected chi connectivity index (χ1v) is 9.32. The van der Waals surface area contributed by atoms with Gasteiger partial charge in [0, 0.05) is 26.2 Å². The third kappa shape index (κ3) is 3.61. The lowest BCUT2D eigenvalue weighted by molar-refractivity contribution is 0.0619. The number of carbonyl (C=O) groups excluding carboxylic acids is 2. The summed E-state index contributed by atoms with van der Waals surface area (Å²) >= 11 is 0. The molecule has 144 valence electrons. The number of ketones is 1. The number of furan rings is 1. The van der Waals surface area contributed by atoms with E-state index in [2.05, 4.69) is 10.00 Å². The molecule has 0 N–H and O–H groups in total. The Balaban J connectivity index is 1.38. The van der Waals surface area contributed by atoms with Crippen molar-refractivity contribution in [1.29, 1.82) is 0 Å². The maximum absolute atomic E-state index is 13.0. The Morgan fingerprint density at radius 1 is 1.04 bits per heavy atom. The average Bonchev–Trinajstić information content (AvgIpc) is 3.39. The van der Waals surface area contributed by atoms with Crippen LogP contribution in [0.25, 0.3) is 5.69 Å². The number of Topliss-reactive ketones (excluding diaryl/α,β-unsaturated/α-hetero) is 1. The van der Waals surface area contributed by atoms with E-state index in [9.17, 15) is 9.59 Å². The van der Waals surface area contributed by atoms with Crippen LogP contribution in [0.4, 0.5) is 0 Å². The number of carbonyl (C=O) groups is 2. The van der Waals surface area contributed by atoms with E-state index in [1.54, 1.807) is 23.0 Å². The van der Waals surface area contributed by atoms with E-state index in [4.69, 9.17) is 4.42 Å². The number of benzene rings is 1. The van der Waals surface area contributed by atoms with Gasteiger partial charge < -0.3 is 9.32 Å². The summed E-state index contributed by atoms with van der Waals surface area (Å²) in [5.74, 6) is 0.323. The Kier molecular flexibility index (Phi) is 5.08. The van der Waals surface area contributed by atoms with Crippen molar-refractivity contribution in [2.45, 2.75) is 6.92 Å². The number of hydrogen-bond acceptors (Lipinski definition) is 5. The molecule has 0 saturated carbocycles. The van der Waals surface area contributed by atoms with Crippen molar-refractivity contribution in [3.8, 4) is 5.69 Å². The zero-order chi connectivity index (χ0) is 19.5. The number of aromatic nitrogens is 2. The molecule has 1 aliphatic heterocycles. The number of hydrogen-bond donors (Lipinski definition) is 0. The maximum Gasteiger partial charge on any atom is 0.257 e. The summed E-state index contributed by atoms with van der Waals surface area (Å²) in [6.07, 6.45) is 3.14. The molecular weight excluding hydrogens is 356 g/mol. The minimum absolute atomic E-state index is 0.0170. The highest BCUT2D eigenvalue weighted by atomic mass is 16.3. The molecule has 7 nitrogen and oxygen atoms in total. The lowest BCUT2D eigenvalue weighted by Crippen LogP contribution is -2.50. The Labute approximate surface area is 163 Å². The summed E-state index contributed by atoms with van der Waals surface area (Å²) in [7, 11) is 0. The molecule has 3 aromatic rings. The highest BCUT2D eigenvalue weighted by Crippen LogP contribution is 2.17. The number of amides is 1. The van der Waals surface area contributed by atoms with Crippen molar-refractivity contribution in [3.05, 3.63) is 71.9 Å². The molecular formula is C21H22N4O3. The van der Waals surface area contributed by atoms with Gasteiger partial charge in [-0.05, 0) is 31.2 Å². The SMILES string of the molecule is Cc1c(C(=O)N2CCN(CC(=O)c3ccco3)CC2)cnn1-c1ccccc1. The van der Waals surface area contributed by atoms with Gasteiger partial charge in [-0.2, -0.15) is 5.10 Å². The second-order valence-electron chi connectivity index (χ2n) is 6.86. The van der Waals surface area contributed by atoms with E-state index in [0.29, 0.717) is 44.0 Å². The number of piperazine rings is 1. The van der Waals surface area contributed by atoms with E-state index in [1.807, 2.05) is 42.2 Å². The molecule has 1 amide bonds. The first kappa shape index (κ1) is 18.2. The molecule has 0 atom stereocenters. The van der Waals surface area contributed by atoms with Crippen LogP contribution in [0.5, 0.6) is 0 Å². The van der Waals surface area contributed by atoms with Crippen LogP contribution in [-0.4, -0.2) is 64.0 Å². The molecule has 0 bridgehead atoms. The van der Waals surface area contributed by atoms with Crippen LogP contribution >= 0.6 is 0 Å². The van der Waals surface area contributed by atoms with Crippen molar-refractivity contribution in [2.24, 2.45) is 0 Å². The Hall–Kier alpha value is -3.19. The molecule has 1 fully saturated rings. The van der Waals surface area contributed by atoms with Crippen LogP contribution in [0.2, 0.25) is 0 Å². The van der Waals surface area contributed by atoms with Crippen LogP contribution in [0, 0.1) is 6.92 Å². The predicted octanol–water partition coefficient (Wildman–Crippen LogP) is 2.41. The Bertz CT molecular complexity index is 955. The second-order valence-corrected chi connectivity index (χ2v) is 6.86. The first-order chi connectivity index (χ1) is 13.6. The standard InChI is InChI=1S/C21H22N4O3/c1-16-18(14-22-25(16)17-6-3-2-4-7-17)21(27)24-11-9-23(10-12-24)15-19(26)20-8-5-13-28-20/h2-8,13-14H,9-12,15H2,1H3. The average molecular weight is 378 g/mol. The van der Waals surface area contributed by atoms with Crippen LogP contribution in [-0.2, 0) is 0 Å². The molecule has 0 spiro atoms. The molecule has 4 rings (SSSR count). The molecule has 3 heterocycles. The van der Waals surface area contributed by atoms with Gasteiger partial charge in [0.2, 0.25) is 5.78 Å². The normalized spacial score (nSPS) is 15.0. The van der Waals surface area contributed by atoms with Gasteiger partial charge in [0.25, 0.3) is 5.91 Å². The van der Waals surface area contributed by atoms with Crippen LogP contribution in [0.1, 0.15) is 26.6 Å². The van der Waals surface area contributed by atoms with Gasteiger partial charge >= 0.3 is 0 Å². The summed E-state index contributed by atoms with van der Waals surface area (Å²) in [5, 5.41) is 4.39. The Morgan fingerprint density at radius 2 is 1.79 bits per heavy atom. The number of nitrogens with zero attached hydrogens (tertiary/aromatic N) is 4. The second kappa shape index (κ2) is 7.82. The van der Waals surface area contributed by atoms with E-state index in [-0.39, 0.29) is 11.7 Å². The topological polar surface area (TPSA) is 71.6 Å². The number of para-hydroxylation sites is 1. The van der Waals surface area contributed by atoms with Crippen LogP contribution in [0.3, 0.4) is 0 Å². The minimum atomic E-state index is -0.0373. The molecule has 1 saturated heterocycles. The molecule has 0 aliphatic carbocycles. The first-order valence-electron chi connectivity index (χ1n) is 9.32. The fraction of sp³-hybridized carbons (Fsp3) is 0.286. The van der Waals surface area contributed by atoms with Gasteiger partial charge in [0.05, 0.1) is 35.9 Å². The summed E-state index contributed by atoms with van der Waals surface area (Å²) in [4.78, 5) is 29.0. The van der Waals surface area contributed by atoms with Crippen molar-refractivity contribution >= 4 is 11.7 Å².